The number of pyridine rings is 1. The fourth-order valence-electron chi connectivity index (χ4n) is 1.39. The van der Waals surface area contributed by atoms with E-state index in [0.717, 1.165) is 12.8 Å². The molecule has 5 heteroatoms. The van der Waals surface area contributed by atoms with Crippen LogP contribution in [0.5, 0.6) is 5.75 Å². The monoisotopic (exact) mass is 234 g/mol. The van der Waals surface area contributed by atoms with Crippen molar-refractivity contribution in [3.05, 3.63) is 23.5 Å². The van der Waals surface area contributed by atoms with Gasteiger partial charge < -0.3 is 9.64 Å². The first kappa shape index (κ1) is 11.6. The molecule has 0 atom stereocenters. The second-order valence-corrected chi connectivity index (χ2v) is 4.24. The Labute approximate surface area is 99.4 Å². The number of hydrogen-bond donors (Lipinski definition) is 0. The molecule has 1 aliphatic carbocycles. The summed E-state index contributed by atoms with van der Waals surface area (Å²) < 4.78 is 5.60. The Morgan fingerprint density at radius 3 is 2.76 bits per heavy atom. The number of hydrogen-bond acceptors (Lipinski definition) is 4. The van der Waals surface area contributed by atoms with Gasteiger partial charge in [0.2, 0.25) is 0 Å². The molecule has 0 N–H and O–H groups in total. The summed E-state index contributed by atoms with van der Waals surface area (Å²) in [5, 5.41) is 0. The highest BCUT2D eigenvalue weighted by molar-refractivity contribution is 5.97. The predicted molar refractivity (Wildman–Crippen MR) is 61.3 cm³/mol. The van der Waals surface area contributed by atoms with Gasteiger partial charge >= 0.3 is 0 Å². The predicted octanol–water partition coefficient (Wildman–Crippen LogP) is 1.14. The third-order valence-corrected chi connectivity index (χ3v) is 2.46. The van der Waals surface area contributed by atoms with Crippen LogP contribution in [0.1, 0.15) is 33.7 Å². The smallest absolute Gasteiger partial charge is 0.257 e. The summed E-state index contributed by atoms with van der Waals surface area (Å²) in [6.07, 6.45) is 4.26. The molecule has 17 heavy (non-hydrogen) atoms. The zero-order chi connectivity index (χ0) is 12.4. The van der Waals surface area contributed by atoms with E-state index in [1.165, 1.54) is 17.2 Å². The lowest BCUT2D eigenvalue weighted by Crippen LogP contribution is -2.23. The standard InChI is InChI=1S/C12H14N2O3/c1-14(2)12(16)10-5-8(7-15)13-6-11(10)17-9-3-4-9/h5-7,9H,3-4H2,1-2H3. The molecule has 0 spiro atoms. The molecule has 0 radical (unpaired) electrons. The number of ether oxygens (including phenoxy) is 1. The highest BCUT2D eigenvalue weighted by atomic mass is 16.5. The van der Waals surface area contributed by atoms with Gasteiger partial charge in [0.25, 0.3) is 5.91 Å². The topological polar surface area (TPSA) is 59.5 Å². The summed E-state index contributed by atoms with van der Waals surface area (Å²) in [5.74, 6) is 0.267. The molecule has 1 fully saturated rings. The van der Waals surface area contributed by atoms with Crippen LogP contribution in [-0.4, -0.2) is 42.3 Å². The van der Waals surface area contributed by atoms with E-state index in [-0.39, 0.29) is 17.7 Å². The summed E-state index contributed by atoms with van der Waals surface area (Å²) in [5.41, 5.74) is 0.623. The van der Waals surface area contributed by atoms with E-state index in [9.17, 15) is 9.59 Å². The van der Waals surface area contributed by atoms with Gasteiger partial charge in [-0.3, -0.25) is 9.59 Å². The van der Waals surface area contributed by atoms with Crippen LogP contribution in [-0.2, 0) is 0 Å². The SMILES string of the molecule is CN(C)C(=O)c1cc(C=O)ncc1OC1CC1. The van der Waals surface area contributed by atoms with Crippen molar-refractivity contribution in [3.8, 4) is 5.75 Å². The van der Waals surface area contributed by atoms with Crippen molar-refractivity contribution >= 4 is 12.2 Å². The third kappa shape index (κ3) is 2.61. The number of aromatic nitrogens is 1. The summed E-state index contributed by atoms with van der Waals surface area (Å²) in [4.78, 5) is 28.0. The first-order valence-corrected chi connectivity index (χ1v) is 5.45. The summed E-state index contributed by atoms with van der Waals surface area (Å²) >= 11 is 0. The van der Waals surface area contributed by atoms with Crippen LogP contribution in [0.2, 0.25) is 0 Å². The minimum absolute atomic E-state index is 0.188. The van der Waals surface area contributed by atoms with Crippen LogP contribution in [0.4, 0.5) is 0 Å². The molecular weight excluding hydrogens is 220 g/mol. The maximum atomic E-state index is 11.9. The Balaban J connectivity index is 2.35. The Bertz CT molecular complexity index is 453. The molecule has 0 aliphatic heterocycles. The van der Waals surface area contributed by atoms with Crippen LogP contribution >= 0.6 is 0 Å². The van der Waals surface area contributed by atoms with Crippen molar-refractivity contribution in [2.24, 2.45) is 0 Å². The van der Waals surface area contributed by atoms with Crippen molar-refractivity contribution in [3.63, 3.8) is 0 Å². The van der Waals surface area contributed by atoms with Crippen LogP contribution in [0, 0.1) is 0 Å². The van der Waals surface area contributed by atoms with Gasteiger partial charge in [0.15, 0.2) is 12.0 Å². The average Bonchev–Trinajstić information content (AvgIpc) is 3.12. The summed E-state index contributed by atoms with van der Waals surface area (Å²) in [7, 11) is 3.31. The van der Waals surface area contributed by atoms with Gasteiger partial charge in [-0.2, -0.15) is 0 Å². The zero-order valence-corrected chi connectivity index (χ0v) is 9.84. The minimum Gasteiger partial charge on any atom is -0.488 e. The Morgan fingerprint density at radius 1 is 1.53 bits per heavy atom. The van der Waals surface area contributed by atoms with Gasteiger partial charge in [-0.15, -0.1) is 0 Å². The molecule has 0 bridgehead atoms. The van der Waals surface area contributed by atoms with E-state index in [1.807, 2.05) is 0 Å². The zero-order valence-electron chi connectivity index (χ0n) is 9.84. The number of carbonyl (C=O) groups is 2. The van der Waals surface area contributed by atoms with Crippen LogP contribution in [0.25, 0.3) is 0 Å². The maximum absolute atomic E-state index is 11.9. The second kappa shape index (κ2) is 4.53. The summed E-state index contributed by atoms with van der Waals surface area (Å²) in [6, 6.07) is 1.47. The largest absolute Gasteiger partial charge is 0.488 e. The van der Waals surface area contributed by atoms with Crippen molar-refractivity contribution in [1.82, 2.24) is 9.88 Å². The van der Waals surface area contributed by atoms with Gasteiger partial charge in [0, 0.05) is 14.1 Å². The number of rotatable bonds is 4. The van der Waals surface area contributed by atoms with E-state index in [2.05, 4.69) is 4.98 Å². The van der Waals surface area contributed by atoms with Crippen LogP contribution < -0.4 is 4.74 Å². The number of amides is 1. The molecular formula is C12H14N2O3. The molecule has 1 aromatic heterocycles. The van der Waals surface area contributed by atoms with Gasteiger partial charge in [0.05, 0.1) is 17.9 Å². The Morgan fingerprint density at radius 2 is 2.24 bits per heavy atom. The molecule has 1 heterocycles. The second-order valence-electron chi connectivity index (χ2n) is 4.24. The van der Waals surface area contributed by atoms with Crippen LogP contribution in [0.15, 0.2) is 12.3 Å². The highest BCUT2D eigenvalue weighted by Gasteiger charge is 2.26. The molecule has 1 amide bonds. The molecule has 0 aromatic carbocycles. The molecule has 0 saturated heterocycles. The van der Waals surface area contributed by atoms with E-state index in [4.69, 9.17) is 4.74 Å². The van der Waals surface area contributed by atoms with Gasteiger partial charge in [-0.25, -0.2) is 4.98 Å². The minimum atomic E-state index is -0.189. The fourth-order valence-corrected chi connectivity index (χ4v) is 1.39. The first-order valence-electron chi connectivity index (χ1n) is 5.45. The molecule has 1 aliphatic rings. The lowest BCUT2D eigenvalue weighted by molar-refractivity contribution is 0.0822. The quantitative estimate of drug-likeness (QED) is 0.733. The van der Waals surface area contributed by atoms with E-state index < -0.39 is 0 Å². The third-order valence-electron chi connectivity index (χ3n) is 2.46. The normalized spacial score (nSPS) is 14.2. The lowest BCUT2D eigenvalue weighted by Gasteiger charge is -2.14. The van der Waals surface area contributed by atoms with Gasteiger partial charge in [-0.05, 0) is 18.9 Å². The number of carbonyl (C=O) groups excluding carboxylic acids is 2. The highest BCUT2D eigenvalue weighted by Crippen LogP contribution is 2.29. The molecule has 1 aromatic rings. The molecule has 2 rings (SSSR count). The van der Waals surface area contributed by atoms with Crippen LogP contribution in [0.3, 0.4) is 0 Å². The van der Waals surface area contributed by atoms with E-state index in [0.29, 0.717) is 17.6 Å². The van der Waals surface area contributed by atoms with Gasteiger partial charge in [0.1, 0.15) is 5.69 Å². The Kier molecular flexibility index (Phi) is 3.08. The molecule has 1 saturated carbocycles. The fraction of sp³-hybridized carbons (Fsp3) is 0.417. The molecule has 90 valence electrons. The van der Waals surface area contributed by atoms with Gasteiger partial charge in [-0.1, -0.05) is 0 Å². The lowest BCUT2D eigenvalue weighted by atomic mass is 10.2. The summed E-state index contributed by atoms with van der Waals surface area (Å²) in [6.45, 7) is 0. The van der Waals surface area contributed by atoms with Crippen molar-refractivity contribution in [2.75, 3.05) is 14.1 Å². The van der Waals surface area contributed by atoms with Crippen molar-refractivity contribution in [1.29, 1.82) is 0 Å². The maximum Gasteiger partial charge on any atom is 0.257 e. The number of aldehydes is 1. The number of nitrogens with zero attached hydrogens (tertiary/aromatic N) is 2. The van der Waals surface area contributed by atoms with E-state index in [1.54, 1.807) is 14.1 Å². The van der Waals surface area contributed by atoms with Crippen molar-refractivity contribution < 1.29 is 14.3 Å². The molecule has 5 nitrogen and oxygen atoms in total. The van der Waals surface area contributed by atoms with E-state index >= 15 is 0 Å². The van der Waals surface area contributed by atoms with Crippen molar-refractivity contribution in [2.45, 2.75) is 18.9 Å². The first-order chi connectivity index (χ1) is 8.11. The Hall–Kier alpha value is -1.91. The molecule has 0 unspecified atom stereocenters. The average molecular weight is 234 g/mol.